The van der Waals surface area contributed by atoms with Crippen LogP contribution in [0.5, 0.6) is 0 Å². The first-order valence-electron chi connectivity index (χ1n) is 16.2. The number of ether oxygens (including phenoxy) is 2. The van der Waals surface area contributed by atoms with E-state index in [1.807, 2.05) is 18.7 Å². The third-order valence-electron chi connectivity index (χ3n) is 9.68. The van der Waals surface area contributed by atoms with Crippen LogP contribution in [0.15, 0.2) is 25.3 Å². The van der Waals surface area contributed by atoms with E-state index in [0.29, 0.717) is 32.2 Å². The summed E-state index contributed by atoms with van der Waals surface area (Å²) in [5, 5.41) is 13.3. The summed E-state index contributed by atoms with van der Waals surface area (Å²) in [5.41, 5.74) is -1.24. The zero-order valence-electron chi connectivity index (χ0n) is 26.4. The van der Waals surface area contributed by atoms with Gasteiger partial charge in [0.2, 0.25) is 17.7 Å². The summed E-state index contributed by atoms with van der Waals surface area (Å²) in [7, 11) is 0. The number of alkyl halides is 1. The number of halogens is 1. The molecule has 1 spiro atoms. The van der Waals surface area contributed by atoms with Gasteiger partial charge in [0, 0.05) is 23.8 Å². The monoisotopic (exact) mass is 679 g/mol. The Bertz CT molecular complexity index is 1100. The zero-order valence-corrected chi connectivity index (χ0v) is 28.0. The van der Waals surface area contributed by atoms with Gasteiger partial charge in [-0.2, -0.15) is 0 Å². The van der Waals surface area contributed by atoms with Crippen molar-refractivity contribution in [2.45, 2.75) is 119 Å². The molecule has 3 amide bonds. The molecule has 0 radical (unpaired) electrons. The van der Waals surface area contributed by atoms with Crippen LogP contribution >= 0.6 is 15.9 Å². The number of fused-ring (bicyclic) bond motifs is 1. The van der Waals surface area contributed by atoms with Gasteiger partial charge in [0.15, 0.2) is 0 Å². The molecule has 2 bridgehead atoms. The second kappa shape index (κ2) is 14.9. The van der Waals surface area contributed by atoms with Crippen molar-refractivity contribution in [3.63, 3.8) is 0 Å². The maximum absolute atomic E-state index is 14.8. The van der Waals surface area contributed by atoms with E-state index in [2.05, 4.69) is 34.4 Å². The molecule has 1 unspecified atom stereocenters. The third-order valence-corrected chi connectivity index (χ3v) is 10.5. The molecule has 1 saturated carbocycles. The van der Waals surface area contributed by atoms with E-state index < -0.39 is 47.7 Å². The molecule has 3 heterocycles. The van der Waals surface area contributed by atoms with E-state index in [1.54, 1.807) is 24.0 Å². The molecule has 0 aromatic heterocycles. The van der Waals surface area contributed by atoms with Gasteiger partial charge in [-0.25, -0.2) is 0 Å². The van der Waals surface area contributed by atoms with Crippen LogP contribution in [0.3, 0.4) is 0 Å². The third kappa shape index (κ3) is 6.79. The van der Waals surface area contributed by atoms with E-state index in [-0.39, 0.29) is 47.7 Å². The first-order valence-corrected chi connectivity index (χ1v) is 17.2. The van der Waals surface area contributed by atoms with Crippen molar-refractivity contribution in [2.24, 2.45) is 17.8 Å². The van der Waals surface area contributed by atoms with Crippen LogP contribution in [-0.4, -0.2) is 99.1 Å². The number of hydrogen-bond donors (Lipinski definition) is 2. The number of nitrogens with zero attached hydrogens (tertiary/aromatic N) is 2. The first kappa shape index (κ1) is 34.6. The molecule has 1 aliphatic carbocycles. The molecule has 0 aromatic rings. The number of esters is 1. The van der Waals surface area contributed by atoms with Crippen LogP contribution in [0.4, 0.5) is 0 Å². The van der Waals surface area contributed by atoms with Gasteiger partial charge in [0.05, 0.1) is 37.1 Å². The summed E-state index contributed by atoms with van der Waals surface area (Å²) in [4.78, 5) is 58.3. The normalized spacial score (nSPS) is 31.0. The second-order valence-electron chi connectivity index (χ2n) is 13.3. The van der Waals surface area contributed by atoms with Gasteiger partial charge in [-0.15, -0.1) is 13.2 Å². The SMILES string of the molecule is C=CCCC(=O)NC[C@@H](C)OC(=O)[C@@H]1[C@H]2O[C@@]3(CC2Br)[C@H](C(=O)N(CC=C)C2CCCCC2)N([C@@H](CO)CC(C)C)C(=O)[C@@H]13. The lowest BCUT2D eigenvalue weighted by Gasteiger charge is -2.42. The zero-order chi connectivity index (χ0) is 32.2. The van der Waals surface area contributed by atoms with Crippen LogP contribution in [-0.2, 0) is 28.7 Å². The van der Waals surface area contributed by atoms with Crippen LogP contribution < -0.4 is 5.32 Å². The minimum Gasteiger partial charge on any atom is -0.460 e. The smallest absolute Gasteiger partial charge is 0.312 e. The summed E-state index contributed by atoms with van der Waals surface area (Å²) >= 11 is 3.71. The first-order chi connectivity index (χ1) is 21.0. The lowest BCUT2D eigenvalue weighted by molar-refractivity contribution is -0.160. The molecule has 3 aliphatic heterocycles. The fourth-order valence-corrected chi connectivity index (χ4v) is 8.78. The molecular weight excluding hydrogens is 630 g/mol. The Hall–Kier alpha value is -2.24. The Morgan fingerprint density at radius 1 is 1.20 bits per heavy atom. The number of rotatable bonds is 15. The number of likely N-dealkylation sites (tertiary alicyclic amines) is 1. The molecule has 4 rings (SSSR count). The molecule has 11 heteroatoms. The van der Waals surface area contributed by atoms with Gasteiger partial charge in [-0.3, -0.25) is 19.2 Å². The summed E-state index contributed by atoms with van der Waals surface area (Å²) in [6, 6.07) is -1.56. The highest BCUT2D eigenvalue weighted by atomic mass is 79.9. The van der Waals surface area contributed by atoms with Crippen molar-refractivity contribution in [3.8, 4) is 0 Å². The Kier molecular flexibility index (Phi) is 11.7. The number of carbonyl (C=O) groups is 4. The predicted octanol–water partition coefficient (Wildman–Crippen LogP) is 3.50. The van der Waals surface area contributed by atoms with Gasteiger partial charge < -0.3 is 29.7 Å². The van der Waals surface area contributed by atoms with Gasteiger partial charge in [-0.05, 0) is 44.9 Å². The Morgan fingerprint density at radius 2 is 1.91 bits per heavy atom. The number of allylic oxidation sites excluding steroid dienone is 1. The van der Waals surface area contributed by atoms with Crippen molar-refractivity contribution in [3.05, 3.63) is 25.3 Å². The fourth-order valence-electron chi connectivity index (χ4n) is 7.84. The standard InChI is InChI=1S/C33H50BrN3O7/c1-6-8-14-25(39)35-18-21(5)43-32(42)26-27-30(40)37(23(19-38)16-20(3)4)29(33(27)17-24(34)28(26)44-33)31(41)36(15-7-2)22-12-10-9-11-13-22/h6-7,20-24,26-29,38H,1-2,8-19H2,3-5H3,(H,35,39)/t21-,23-,24?,26+,27-,28+,29+,33-/m1/s1. The number of aliphatic hydroxyl groups excluding tert-OH is 1. The van der Waals surface area contributed by atoms with Crippen molar-refractivity contribution in [2.75, 3.05) is 19.7 Å². The van der Waals surface area contributed by atoms with Crippen LogP contribution in [0.1, 0.15) is 78.6 Å². The number of aliphatic hydroxyl groups is 1. The molecule has 8 atom stereocenters. The van der Waals surface area contributed by atoms with Crippen molar-refractivity contribution >= 4 is 39.6 Å². The summed E-state index contributed by atoms with van der Waals surface area (Å²) in [5.74, 6) is -3.00. The van der Waals surface area contributed by atoms with E-state index in [9.17, 15) is 24.3 Å². The van der Waals surface area contributed by atoms with Crippen LogP contribution in [0.25, 0.3) is 0 Å². The maximum Gasteiger partial charge on any atom is 0.312 e. The van der Waals surface area contributed by atoms with Crippen molar-refractivity contribution < 1.29 is 33.8 Å². The second-order valence-corrected chi connectivity index (χ2v) is 14.5. The van der Waals surface area contributed by atoms with Gasteiger partial charge >= 0.3 is 5.97 Å². The largest absolute Gasteiger partial charge is 0.460 e. The van der Waals surface area contributed by atoms with E-state index in [1.165, 1.54) is 0 Å². The Morgan fingerprint density at radius 3 is 2.52 bits per heavy atom. The summed E-state index contributed by atoms with van der Waals surface area (Å²) in [6.45, 7) is 13.4. The fraction of sp³-hybridized carbons (Fsp3) is 0.758. The molecule has 246 valence electrons. The highest BCUT2D eigenvalue weighted by molar-refractivity contribution is 9.09. The minimum atomic E-state index is -1.24. The van der Waals surface area contributed by atoms with Gasteiger partial charge in [-0.1, -0.05) is 61.2 Å². The van der Waals surface area contributed by atoms with E-state index in [0.717, 1.165) is 32.1 Å². The molecule has 44 heavy (non-hydrogen) atoms. The quantitative estimate of drug-likeness (QED) is 0.154. The molecule has 2 N–H and O–H groups in total. The van der Waals surface area contributed by atoms with Crippen molar-refractivity contribution in [1.82, 2.24) is 15.1 Å². The molecule has 10 nitrogen and oxygen atoms in total. The topological polar surface area (TPSA) is 125 Å². The van der Waals surface area contributed by atoms with Gasteiger partial charge in [0.25, 0.3) is 0 Å². The lowest BCUT2D eigenvalue weighted by Crippen LogP contribution is -2.60. The number of nitrogens with one attached hydrogen (secondary N) is 1. The van der Waals surface area contributed by atoms with E-state index in [4.69, 9.17) is 9.47 Å². The van der Waals surface area contributed by atoms with Crippen LogP contribution in [0, 0.1) is 17.8 Å². The number of amides is 3. The van der Waals surface area contributed by atoms with Gasteiger partial charge in [0.1, 0.15) is 17.7 Å². The minimum absolute atomic E-state index is 0.0287. The van der Waals surface area contributed by atoms with Crippen molar-refractivity contribution in [1.29, 1.82) is 0 Å². The van der Waals surface area contributed by atoms with E-state index >= 15 is 0 Å². The summed E-state index contributed by atoms with van der Waals surface area (Å²) < 4.78 is 12.5. The molecule has 3 saturated heterocycles. The lowest BCUT2D eigenvalue weighted by atomic mass is 9.70. The Balaban J connectivity index is 1.66. The average Bonchev–Trinajstić information content (AvgIpc) is 3.59. The molecule has 4 aliphatic rings. The number of carbonyl (C=O) groups excluding carboxylic acids is 4. The van der Waals surface area contributed by atoms with Crippen LogP contribution in [0.2, 0.25) is 0 Å². The predicted molar refractivity (Wildman–Crippen MR) is 170 cm³/mol. The molecule has 4 fully saturated rings. The average molecular weight is 681 g/mol. The maximum atomic E-state index is 14.8. The number of hydrogen-bond acceptors (Lipinski definition) is 7. The summed E-state index contributed by atoms with van der Waals surface area (Å²) in [6.07, 6.45) is 8.78. The Labute approximate surface area is 270 Å². The highest BCUT2D eigenvalue weighted by Crippen LogP contribution is 2.61. The highest BCUT2D eigenvalue weighted by Gasteiger charge is 2.77. The molecule has 0 aromatic carbocycles. The molecular formula is C33H50BrN3O7.